The molecular formula is C22H18F2N4O. The normalized spacial score (nSPS) is 15.7. The van der Waals surface area contributed by atoms with Crippen LogP contribution in [0.1, 0.15) is 30.0 Å². The molecule has 1 amide bonds. The second kappa shape index (κ2) is 8.40. The van der Waals surface area contributed by atoms with E-state index in [1.165, 1.54) is 18.2 Å². The number of nitrogens with zero attached hydrogens (tertiary/aromatic N) is 1. The van der Waals surface area contributed by atoms with E-state index in [-0.39, 0.29) is 11.5 Å². The van der Waals surface area contributed by atoms with Gasteiger partial charge in [-0.1, -0.05) is 19.1 Å². The monoisotopic (exact) mass is 392 g/mol. The Morgan fingerprint density at radius 2 is 1.90 bits per heavy atom. The van der Waals surface area contributed by atoms with Crippen LogP contribution in [0, 0.1) is 23.0 Å². The number of benzene rings is 2. The van der Waals surface area contributed by atoms with Crippen LogP contribution in [-0.2, 0) is 4.79 Å². The number of amides is 1. The first-order valence-electron chi connectivity index (χ1n) is 8.87. The Kier molecular flexibility index (Phi) is 5.74. The summed E-state index contributed by atoms with van der Waals surface area (Å²) >= 11 is 0. The fourth-order valence-corrected chi connectivity index (χ4v) is 2.85. The smallest absolute Gasteiger partial charge is 0.251 e. The summed E-state index contributed by atoms with van der Waals surface area (Å²) in [5.41, 5.74) is 8.64. The van der Waals surface area contributed by atoms with Gasteiger partial charge < -0.3 is 16.4 Å². The molecule has 4 N–H and O–H groups in total. The molecule has 29 heavy (non-hydrogen) atoms. The predicted octanol–water partition coefficient (Wildman–Crippen LogP) is 3.52. The van der Waals surface area contributed by atoms with Crippen LogP contribution in [0.25, 0.3) is 11.3 Å². The molecule has 0 aromatic heterocycles. The van der Waals surface area contributed by atoms with Crippen molar-refractivity contribution in [3.63, 3.8) is 0 Å². The molecule has 0 atom stereocenters. The van der Waals surface area contributed by atoms with Gasteiger partial charge in [0, 0.05) is 29.0 Å². The van der Waals surface area contributed by atoms with E-state index < -0.39 is 11.6 Å². The Balaban J connectivity index is 1.99. The molecular weight excluding hydrogens is 374 g/mol. The van der Waals surface area contributed by atoms with Crippen LogP contribution in [0.15, 0.2) is 66.1 Å². The average Bonchev–Trinajstić information content (AvgIpc) is 2.71. The molecule has 0 radical (unpaired) electrons. The quantitative estimate of drug-likeness (QED) is 0.743. The molecule has 0 fully saturated rings. The minimum absolute atomic E-state index is 0.128. The van der Waals surface area contributed by atoms with Crippen molar-refractivity contribution in [2.24, 2.45) is 5.73 Å². The largest absolute Gasteiger partial charge is 0.402 e. The first-order chi connectivity index (χ1) is 13.9. The maximum absolute atomic E-state index is 14.3. The molecule has 2 aromatic carbocycles. The summed E-state index contributed by atoms with van der Waals surface area (Å²) < 4.78 is 27.6. The number of carbonyl (C=O) groups excluding carboxylic acids is 1. The Labute approximate surface area is 166 Å². The van der Waals surface area contributed by atoms with Crippen molar-refractivity contribution >= 4 is 17.2 Å². The van der Waals surface area contributed by atoms with Gasteiger partial charge in [0.05, 0.1) is 17.3 Å². The van der Waals surface area contributed by atoms with Gasteiger partial charge in [-0.3, -0.25) is 4.79 Å². The highest BCUT2D eigenvalue weighted by Gasteiger charge is 2.17. The highest BCUT2D eigenvalue weighted by molar-refractivity contribution is 5.98. The highest BCUT2D eigenvalue weighted by atomic mass is 19.1. The standard InChI is InChI=1S/C22H18F2N4O/c1-2-19(26)17(16-8-7-15(23)9-18(16)24)10-21-27-20(11-22(29)28-21)14-5-3-13(12-25)4-6-14/h3-11,27H,2,26H2,1H3,(H,28,29)/b19-17+,21-10-. The van der Waals surface area contributed by atoms with E-state index in [1.54, 1.807) is 24.3 Å². The van der Waals surface area contributed by atoms with Crippen LogP contribution in [-0.4, -0.2) is 5.91 Å². The number of nitrogens with one attached hydrogen (secondary N) is 2. The van der Waals surface area contributed by atoms with Crippen LogP contribution in [0.3, 0.4) is 0 Å². The van der Waals surface area contributed by atoms with Crippen molar-refractivity contribution in [1.29, 1.82) is 5.26 Å². The maximum Gasteiger partial charge on any atom is 0.251 e. The SMILES string of the molecule is CC/C(N)=C(/C=C1\NC(=O)C=C(c2ccc(C#N)cc2)N1)c1ccc(F)cc1F. The van der Waals surface area contributed by atoms with Gasteiger partial charge in [0.1, 0.15) is 17.5 Å². The van der Waals surface area contributed by atoms with Crippen LogP contribution in [0.5, 0.6) is 0 Å². The topological polar surface area (TPSA) is 90.9 Å². The number of hydrogen-bond acceptors (Lipinski definition) is 4. The first kappa shape index (κ1) is 19.8. The first-order valence-corrected chi connectivity index (χ1v) is 8.87. The number of carbonyl (C=O) groups is 1. The van der Waals surface area contributed by atoms with Crippen molar-refractivity contribution in [3.05, 3.63) is 94.5 Å². The van der Waals surface area contributed by atoms with E-state index in [0.717, 1.165) is 12.1 Å². The molecule has 0 saturated heterocycles. The number of rotatable bonds is 4. The summed E-state index contributed by atoms with van der Waals surface area (Å²) in [5, 5.41) is 14.6. The van der Waals surface area contributed by atoms with Crippen LogP contribution < -0.4 is 16.4 Å². The molecule has 0 spiro atoms. The van der Waals surface area contributed by atoms with Gasteiger partial charge in [0.25, 0.3) is 5.91 Å². The van der Waals surface area contributed by atoms with Crippen molar-refractivity contribution in [1.82, 2.24) is 10.6 Å². The number of allylic oxidation sites excluding steroid dienone is 3. The molecule has 7 heteroatoms. The molecule has 5 nitrogen and oxygen atoms in total. The number of nitriles is 1. The third-order valence-corrected chi connectivity index (χ3v) is 4.36. The summed E-state index contributed by atoms with van der Waals surface area (Å²) in [4.78, 5) is 12.2. The minimum atomic E-state index is -0.752. The fraction of sp³-hybridized carbons (Fsp3) is 0.0909. The van der Waals surface area contributed by atoms with Gasteiger partial charge >= 0.3 is 0 Å². The number of hydrogen-bond donors (Lipinski definition) is 3. The van der Waals surface area contributed by atoms with E-state index >= 15 is 0 Å². The summed E-state index contributed by atoms with van der Waals surface area (Å²) in [6.45, 7) is 1.81. The molecule has 1 aliphatic rings. The number of nitrogens with two attached hydrogens (primary N) is 1. The lowest BCUT2D eigenvalue weighted by Gasteiger charge is -2.21. The summed E-state index contributed by atoms with van der Waals surface area (Å²) in [6, 6.07) is 12.0. The van der Waals surface area contributed by atoms with E-state index in [0.29, 0.717) is 40.3 Å². The fourth-order valence-electron chi connectivity index (χ4n) is 2.85. The molecule has 1 heterocycles. The van der Waals surface area contributed by atoms with E-state index in [4.69, 9.17) is 11.0 Å². The van der Waals surface area contributed by atoms with Crippen LogP contribution in [0.4, 0.5) is 8.78 Å². The van der Waals surface area contributed by atoms with Crippen LogP contribution >= 0.6 is 0 Å². The van der Waals surface area contributed by atoms with Crippen molar-refractivity contribution in [2.45, 2.75) is 13.3 Å². The average molecular weight is 392 g/mol. The molecule has 0 saturated carbocycles. The molecule has 0 unspecified atom stereocenters. The lowest BCUT2D eigenvalue weighted by Crippen LogP contribution is -2.35. The number of halogens is 2. The summed E-state index contributed by atoms with van der Waals surface area (Å²) in [7, 11) is 0. The maximum atomic E-state index is 14.3. The van der Waals surface area contributed by atoms with Crippen molar-refractivity contribution in [3.8, 4) is 6.07 Å². The van der Waals surface area contributed by atoms with Crippen molar-refractivity contribution < 1.29 is 13.6 Å². The zero-order chi connectivity index (χ0) is 21.0. The summed E-state index contributed by atoms with van der Waals surface area (Å²) in [5.74, 6) is -1.52. The molecule has 0 aliphatic carbocycles. The third-order valence-electron chi connectivity index (χ3n) is 4.36. The lowest BCUT2D eigenvalue weighted by molar-refractivity contribution is -0.116. The van der Waals surface area contributed by atoms with Gasteiger partial charge in [-0.2, -0.15) is 5.26 Å². The van der Waals surface area contributed by atoms with Gasteiger partial charge in [-0.15, -0.1) is 0 Å². The second-order valence-electron chi connectivity index (χ2n) is 6.34. The minimum Gasteiger partial charge on any atom is -0.402 e. The third kappa shape index (κ3) is 4.50. The Morgan fingerprint density at radius 3 is 2.52 bits per heavy atom. The molecule has 146 valence electrons. The Bertz CT molecular complexity index is 1090. The zero-order valence-electron chi connectivity index (χ0n) is 15.6. The van der Waals surface area contributed by atoms with Gasteiger partial charge in [0.15, 0.2) is 0 Å². The van der Waals surface area contributed by atoms with E-state index in [1.807, 2.05) is 13.0 Å². The lowest BCUT2D eigenvalue weighted by atomic mass is 10.0. The van der Waals surface area contributed by atoms with Crippen molar-refractivity contribution in [2.75, 3.05) is 0 Å². The zero-order valence-corrected chi connectivity index (χ0v) is 15.6. The molecule has 2 aromatic rings. The Morgan fingerprint density at radius 1 is 1.17 bits per heavy atom. The molecule has 3 rings (SSSR count). The predicted molar refractivity (Wildman–Crippen MR) is 106 cm³/mol. The van der Waals surface area contributed by atoms with E-state index in [9.17, 15) is 13.6 Å². The highest BCUT2D eigenvalue weighted by Crippen LogP contribution is 2.25. The Hall–Kier alpha value is -3.92. The molecule has 1 aliphatic heterocycles. The van der Waals surface area contributed by atoms with Gasteiger partial charge in [-0.05, 0) is 42.3 Å². The summed E-state index contributed by atoms with van der Waals surface area (Å²) in [6.07, 6.45) is 3.33. The van der Waals surface area contributed by atoms with Crippen LogP contribution in [0.2, 0.25) is 0 Å². The van der Waals surface area contributed by atoms with Gasteiger partial charge in [0.2, 0.25) is 0 Å². The van der Waals surface area contributed by atoms with E-state index in [2.05, 4.69) is 10.6 Å². The second-order valence-corrected chi connectivity index (χ2v) is 6.34. The molecule has 0 bridgehead atoms. The van der Waals surface area contributed by atoms with Gasteiger partial charge in [-0.25, -0.2) is 8.78 Å².